The minimum absolute atomic E-state index is 0.0708. The van der Waals surface area contributed by atoms with Crippen molar-refractivity contribution in [3.05, 3.63) is 34.1 Å². The number of hydrogen-bond acceptors (Lipinski definition) is 6. The number of fused-ring (bicyclic) bond motifs is 2. The van der Waals surface area contributed by atoms with Crippen LogP contribution in [-0.2, 0) is 15.3 Å². The summed E-state index contributed by atoms with van der Waals surface area (Å²) >= 11 is 2.99. The van der Waals surface area contributed by atoms with Crippen LogP contribution in [0.5, 0.6) is 0 Å². The predicted octanol–water partition coefficient (Wildman–Crippen LogP) is 1.78. The van der Waals surface area contributed by atoms with Crippen LogP contribution in [0.15, 0.2) is 28.4 Å². The number of nitrogens with zero attached hydrogens (tertiary/aromatic N) is 3. The number of carbonyl (C=O) groups is 2. The number of aromatic nitrogens is 2. The van der Waals surface area contributed by atoms with Gasteiger partial charge in [0.1, 0.15) is 5.70 Å². The molecule has 1 saturated heterocycles. The molecule has 132 valence electrons. The molecule has 0 unspecified atom stereocenters. The summed E-state index contributed by atoms with van der Waals surface area (Å²) in [6.07, 6.45) is 2.84. The summed E-state index contributed by atoms with van der Waals surface area (Å²) in [6, 6.07) is -0.267. The number of amides is 1. The Kier molecular flexibility index (Phi) is 3.89. The molecule has 4 heterocycles. The number of rotatable bonds is 5. The Morgan fingerprint density at radius 1 is 1.52 bits per heavy atom. The Balaban J connectivity index is 1.62. The average Bonchev–Trinajstić information content (AvgIpc) is 3.19. The molecule has 1 amide bonds. The highest BCUT2D eigenvalue weighted by Crippen LogP contribution is 2.51. The number of hydrogen-bond donors (Lipinski definition) is 2. The van der Waals surface area contributed by atoms with Crippen molar-refractivity contribution in [1.82, 2.24) is 14.3 Å². The minimum atomic E-state index is -1.09. The van der Waals surface area contributed by atoms with Crippen LogP contribution in [-0.4, -0.2) is 48.5 Å². The van der Waals surface area contributed by atoms with Gasteiger partial charge in [-0.3, -0.25) is 9.20 Å². The van der Waals surface area contributed by atoms with E-state index < -0.39 is 18.0 Å². The maximum absolute atomic E-state index is 12.3. The molecule has 1 fully saturated rings. The number of β-lactam (4-membered cyclic amide) rings is 1. The highest BCUT2D eigenvalue weighted by molar-refractivity contribution is 8.02. The Morgan fingerprint density at radius 3 is 2.96 bits per heavy atom. The molecular formula is C16H17N3O4S2. The fourth-order valence-electron chi connectivity index (χ4n) is 3.74. The largest absolute Gasteiger partial charge is 0.477 e. The molecule has 2 aliphatic heterocycles. The van der Waals surface area contributed by atoms with Crippen LogP contribution >= 0.6 is 23.1 Å². The number of aliphatic carboxylic acids is 1. The SMILES string of the molecule is C[C@@H](O)[C@H]1C(=O)N2C(C(=O)O)=C(SCc3csc4nccn34)[C@H](C)[C@H]12. The molecule has 0 aliphatic carbocycles. The molecule has 0 bridgehead atoms. The summed E-state index contributed by atoms with van der Waals surface area (Å²) in [5, 5.41) is 21.5. The normalized spacial score (nSPS) is 26.9. The number of carbonyl (C=O) groups excluding carboxylic acids is 1. The van der Waals surface area contributed by atoms with Gasteiger partial charge in [0, 0.05) is 40.0 Å². The van der Waals surface area contributed by atoms with E-state index in [0.29, 0.717) is 10.7 Å². The van der Waals surface area contributed by atoms with E-state index in [1.165, 1.54) is 28.0 Å². The zero-order valence-corrected chi connectivity index (χ0v) is 15.3. The Hall–Kier alpha value is -1.84. The van der Waals surface area contributed by atoms with Crippen LogP contribution in [0.25, 0.3) is 4.96 Å². The molecule has 4 rings (SSSR count). The lowest BCUT2D eigenvalue weighted by Crippen LogP contribution is -2.63. The van der Waals surface area contributed by atoms with Crippen molar-refractivity contribution in [2.75, 3.05) is 0 Å². The monoisotopic (exact) mass is 379 g/mol. The third-order valence-corrected chi connectivity index (χ3v) is 7.12. The second-order valence-corrected chi connectivity index (χ2v) is 8.22. The number of thiazole rings is 1. The lowest BCUT2D eigenvalue weighted by Gasteiger charge is -2.46. The zero-order chi connectivity index (χ0) is 17.9. The summed E-state index contributed by atoms with van der Waals surface area (Å²) in [7, 11) is 0. The first-order chi connectivity index (χ1) is 11.9. The van der Waals surface area contributed by atoms with Crippen molar-refractivity contribution >= 4 is 39.9 Å². The van der Waals surface area contributed by atoms with Gasteiger partial charge in [-0.15, -0.1) is 23.1 Å². The molecule has 4 atom stereocenters. The highest BCUT2D eigenvalue weighted by atomic mass is 32.2. The van der Waals surface area contributed by atoms with Crippen LogP contribution in [0.4, 0.5) is 0 Å². The summed E-state index contributed by atoms with van der Waals surface area (Å²) in [5.74, 6) is -1.42. The maximum atomic E-state index is 12.3. The first-order valence-electron chi connectivity index (χ1n) is 7.92. The number of aliphatic hydroxyl groups excluding tert-OH is 1. The zero-order valence-electron chi connectivity index (χ0n) is 13.6. The van der Waals surface area contributed by atoms with Crippen LogP contribution in [0.3, 0.4) is 0 Å². The van der Waals surface area contributed by atoms with Crippen molar-refractivity contribution in [2.24, 2.45) is 11.8 Å². The maximum Gasteiger partial charge on any atom is 0.353 e. The quantitative estimate of drug-likeness (QED) is 0.769. The Labute approximate surface area is 152 Å². The third kappa shape index (κ3) is 2.33. The predicted molar refractivity (Wildman–Crippen MR) is 94.0 cm³/mol. The fraction of sp³-hybridized carbons (Fsp3) is 0.438. The van der Waals surface area contributed by atoms with Gasteiger partial charge in [-0.25, -0.2) is 9.78 Å². The molecule has 2 N–H and O–H groups in total. The van der Waals surface area contributed by atoms with Crippen LogP contribution < -0.4 is 0 Å². The van der Waals surface area contributed by atoms with E-state index in [2.05, 4.69) is 4.98 Å². The first kappa shape index (κ1) is 16.6. The van der Waals surface area contributed by atoms with E-state index in [0.717, 1.165) is 10.7 Å². The molecule has 0 aromatic carbocycles. The molecule has 9 heteroatoms. The van der Waals surface area contributed by atoms with Gasteiger partial charge >= 0.3 is 5.97 Å². The highest BCUT2D eigenvalue weighted by Gasteiger charge is 2.59. The van der Waals surface area contributed by atoms with Gasteiger partial charge in [-0.1, -0.05) is 6.92 Å². The van der Waals surface area contributed by atoms with Crippen molar-refractivity contribution in [3.8, 4) is 0 Å². The topological polar surface area (TPSA) is 95.1 Å². The lowest BCUT2D eigenvalue weighted by molar-refractivity contribution is -0.163. The van der Waals surface area contributed by atoms with Crippen LogP contribution in [0, 0.1) is 11.8 Å². The van der Waals surface area contributed by atoms with Gasteiger partial charge in [-0.2, -0.15) is 0 Å². The van der Waals surface area contributed by atoms with E-state index in [1.807, 2.05) is 22.9 Å². The van der Waals surface area contributed by atoms with E-state index in [9.17, 15) is 19.8 Å². The summed E-state index contributed by atoms with van der Waals surface area (Å²) in [6.45, 7) is 3.51. The summed E-state index contributed by atoms with van der Waals surface area (Å²) in [4.78, 5) is 31.3. The van der Waals surface area contributed by atoms with E-state index in [4.69, 9.17) is 0 Å². The van der Waals surface area contributed by atoms with Gasteiger partial charge in [0.05, 0.1) is 18.1 Å². The number of imidazole rings is 1. The molecule has 25 heavy (non-hydrogen) atoms. The summed E-state index contributed by atoms with van der Waals surface area (Å²) < 4.78 is 1.98. The smallest absolute Gasteiger partial charge is 0.353 e. The Bertz CT molecular complexity index is 900. The fourth-order valence-corrected chi connectivity index (χ4v) is 5.95. The average molecular weight is 379 g/mol. The second-order valence-electron chi connectivity index (χ2n) is 6.37. The van der Waals surface area contributed by atoms with Crippen molar-refractivity contribution in [1.29, 1.82) is 0 Å². The summed E-state index contributed by atoms with van der Waals surface area (Å²) in [5.41, 5.74) is 1.11. The van der Waals surface area contributed by atoms with Gasteiger partial charge in [-0.05, 0) is 6.92 Å². The van der Waals surface area contributed by atoms with Gasteiger partial charge in [0.25, 0.3) is 0 Å². The molecule has 0 spiro atoms. The molecule has 0 saturated carbocycles. The Morgan fingerprint density at radius 2 is 2.28 bits per heavy atom. The van der Waals surface area contributed by atoms with Crippen molar-refractivity contribution in [2.45, 2.75) is 31.7 Å². The van der Waals surface area contributed by atoms with Gasteiger partial charge < -0.3 is 15.1 Å². The number of thioether (sulfide) groups is 1. The van der Waals surface area contributed by atoms with Gasteiger partial charge in [0.2, 0.25) is 5.91 Å². The van der Waals surface area contributed by atoms with E-state index in [-0.39, 0.29) is 23.6 Å². The van der Waals surface area contributed by atoms with Crippen molar-refractivity contribution < 1.29 is 19.8 Å². The van der Waals surface area contributed by atoms with Crippen LogP contribution in [0.1, 0.15) is 19.5 Å². The molecule has 7 nitrogen and oxygen atoms in total. The van der Waals surface area contributed by atoms with Gasteiger partial charge in [0.15, 0.2) is 4.96 Å². The number of aliphatic hydroxyl groups is 1. The van der Waals surface area contributed by atoms with Crippen molar-refractivity contribution in [3.63, 3.8) is 0 Å². The second kappa shape index (κ2) is 5.86. The first-order valence-corrected chi connectivity index (χ1v) is 9.79. The lowest BCUT2D eigenvalue weighted by atomic mass is 9.79. The number of carboxylic acids is 1. The molecule has 2 aliphatic rings. The standard InChI is InChI=1S/C16H17N3O4S2/c1-7-11-10(8(2)20)14(21)19(11)12(15(22)23)13(7)24-5-9-6-25-16-17-3-4-18(9)16/h3-4,6-8,10-11,20H,5H2,1-2H3,(H,22,23)/t7-,8-,10-,11-/m1/s1. The molecule has 0 radical (unpaired) electrons. The molecular weight excluding hydrogens is 362 g/mol. The third-order valence-electron chi connectivity index (χ3n) is 4.90. The number of carboxylic acid groups (broad SMARTS) is 1. The molecule has 2 aromatic heterocycles. The van der Waals surface area contributed by atoms with Crippen LogP contribution in [0.2, 0.25) is 0 Å². The van der Waals surface area contributed by atoms with E-state index in [1.54, 1.807) is 13.1 Å². The van der Waals surface area contributed by atoms with E-state index >= 15 is 0 Å². The molecule has 2 aromatic rings. The minimum Gasteiger partial charge on any atom is -0.477 e.